The van der Waals surface area contributed by atoms with Gasteiger partial charge in [-0.05, 0) is 31.1 Å². The smallest absolute Gasteiger partial charge is 0.309 e. The molecule has 0 bridgehead atoms. The molecule has 0 heterocycles. The van der Waals surface area contributed by atoms with Gasteiger partial charge in [0.1, 0.15) is 5.78 Å². The number of carbonyl (C=O) groups excluding carboxylic acids is 2. The van der Waals surface area contributed by atoms with E-state index in [2.05, 4.69) is 0 Å². The summed E-state index contributed by atoms with van der Waals surface area (Å²) in [6, 6.07) is 0. The van der Waals surface area contributed by atoms with Crippen molar-refractivity contribution in [2.24, 2.45) is 17.3 Å². The predicted molar refractivity (Wildman–Crippen MR) is 83.9 cm³/mol. The van der Waals surface area contributed by atoms with Gasteiger partial charge in [0, 0.05) is 18.9 Å². The highest BCUT2D eigenvalue weighted by Gasteiger charge is 2.49. The van der Waals surface area contributed by atoms with E-state index in [0.29, 0.717) is 25.9 Å². The van der Waals surface area contributed by atoms with Gasteiger partial charge in [-0.2, -0.15) is 0 Å². The maximum Gasteiger partial charge on any atom is 0.309 e. The Balaban J connectivity index is 0.00000191. The molecule has 1 rings (SSSR count). The molecule has 0 saturated heterocycles. The average Bonchev–Trinajstić information content (AvgIpc) is 2.80. The lowest BCUT2D eigenvalue weighted by molar-refractivity contribution is -0.152. The van der Waals surface area contributed by atoms with E-state index in [1.807, 2.05) is 34.6 Å². The highest BCUT2D eigenvalue weighted by molar-refractivity contribution is 5.84. The second-order valence-electron chi connectivity index (χ2n) is 5.92. The zero-order chi connectivity index (χ0) is 16.5. The second kappa shape index (κ2) is 9.93. The molecule has 4 nitrogen and oxygen atoms in total. The fraction of sp³-hybridized carbons (Fsp3) is 0.882. The van der Waals surface area contributed by atoms with Crippen LogP contribution in [-0.2, 0) is 14.3 Å². The first kappa shape index (κ1) is 20.1. The summed E-state index contributed by atoms with van der Waals surface area (Å²) in [5.74, 6) is -0.135. The Morgan fingerprint density at radius 1 is 1.14 bits per heavy atom. The van der Waals surface area contributed by atoms with Gasteiger partial charge in [0.05, 0.1) is 12.5 Å². The van der Waals surface area contributed by atoms with Crippen molar-refractivity contribution in [2.75, 3.05) is 13.2 Å². The molecule has 0 amide bonds. The zero-order valence-corrected chi connectivity index (χ0v) is 14.3. The number of hydrogen-bond donors (Lipinski definition) is 1. The summed E-state index contributed by atoms with van der Waals surface area (Å²) in [6.45, 7) is 10.4. The SMILES string of the molecule is CC.CCC(=O)C1CCC(C(=O)OCCCCO)C1(C)C. The minimum absolute atomic E-state index is 0.0208. The first-order valence-corrected chi connectivity index (χ1v) is 8.25. The van der Waals surface area contributed by atoms with Gasteiger partial charge in [0.2, 0.25) is 0 Å². The molecule has 21 heavy (non-hydrogen) atoms. The quantitative estimate of drug-likeness (QED) is 0.578. The minimum Gasteiger partial charge on any atom is -0.465 e. The maximum atomic E-state index is 12.1. The maximum absolute atomic E-state index is 12.1. The van der Waals surface area contributed by atoms with Crippen molar-refractivity contribution in [3.8, 4) is 0 Å². The van der Waals surface area contributed by atoms with E-state index in [1.54, 1.807) is 0 Å². The van der Waals surface area contributed by atoms with Crippen LogP contribution < -0.4 is 0 Å². The van der Waals surface area contributed by atoms with Gasteiger partial charge in [-0.25, -0.2) is 0 Å². The van der Waals surface area contributed by atoms with Gasteiger partial charge in [-0.15, -0.1) is 0 Å². The van der Waals surface area contributed by atoms with Crippen LogP contribution in [0.4, 0.5) is 0 Å². The van der Waals surface area contributed by atoms with Crippen LogP contribution in [0.1, 0.15) is 66.7 Å². The molecular weight excluding hydrogens is 268 g/mol. The Morgan fingerprint density at radius 3 is 2.24 bits per heavy atom. The summed E-state index contributed by atoms with van der Waals surface area (Å²) in [7, 11) is 0. The molecule has 1 aliphatic carbocycles. The average molecular weight is 300 g/mol. The van der Waals surface area contributed by atoms with E-state index < -0.39 is 0 Å². The molecule has 0 aromatic carbocycles. The first-order chi connectivity index (χ1) is 9.95. The van der Waals surface area contributed by atoms with E-state index in [0.717, 1.165) is 12.8 Å². The number of aliphatic hydroxyl groups excluding tert-OH is 1. The Bertz CT molecular complexity index is 323. The molecule has 1 saturated carbocycles. The summed E-state index contributed by atoms with van der Waals surface area (Å²) in [5, 5.41) is 8.67. The number of unbranched alkanes of at least 4 members (excludes halogenated alkanes) is 1. The molecule has 4 heteroatoms. The van der Waals surface area contributed by atoms with Crippen molar-refractivity contribution in [3.63, 3.8) is 0 Å². The van der Waals surface area contributed by atoms with Crippen LogP contribution in [0, 0.1) is 17.3 Å². The summed E-state index contributed by atoms with van der Waals surface area (Å²) in [4.78, 5) is 24.0. The topological polar surface area (TPSA) is 63.6 Å². The lowest BCUT2D eigenvalue weighted by Crippen LogP contribution is -2.35. The molecule has 1 N–H and O–H groups in total. The fourth-order valence-corrected chi connectivity index (χ4v) is 3.05. The molecule has 0 radical (unpaired) electrons. The largest absolute Gasteiger partial charge is 0.465 e. The normalized spacial score (nSPS) is 23.1. The lowest BCUT2D eigenvalue weighted by atomic mass is 9.73. The molecule has 0 aromatic rings. The van der Waals surface area contributed by atoms with E-state index >= 15 is 0 Å². The van der Waals surface area contributed by atoms with Crippen LogP contribution in [-0.4, -0.2) is 30.1 Å². The lowest BCUT2D eigenvalue weighted by Gasteiger charge is -2.30. The highest BCUT2D eigenvalue weighted by atomic mass is 16.5. The molecule has 0 spiro atoms. The van der Waals surface area contributed by atoms with Gasteiger partial charge in [-0.1, -0.05) is 34.6 Å². The van der Waals surface area contributed by atoms with E-state index in [9.17, 15) is 9.59 Å². The predicted octanol–water partition coefficient (Wildman–Crippen LogP) is 3.36. The molecule has 1 fully saturated rings. The van der Waals surface area contributed by atoms with Crippen LogP contribution in [0.15, 0.2) is 0 Å². The molecular formula is C17H32O4. The number of ether oxygens (including phenoxy) is 1. The van der Waals surface area contributed by atoms with Gasteiger partial charge in [-0.3, -0.25) is 9.59 Å². The van der Waals surface area contributed by atoms with Crippen molar-refractivity contribution in [1.82, 2.24) is 0 Å². The number of rotatable bonds is 7. The first-order valence-electron chi connectivity index (χ1n) is 8.25. The number of hydrogen-bond acceptors (Lipinski definition) is 4. The highest BCUT2D eigenvalue weighted by Crippen LogP contribution is 2.48. The third-order valence-corrected chi connectivity index (χ3v) is 4.36. The van der Waals surface area contributed by atoms with Crippen LogP contribution in [0.25, 0.3) is 0 Å². The van der Waals surface area contributed by atoms with Gasteiger partial charge >= 0.3 is 5.97 Å². The fourth-order valence-electron chi connectivity index (χ4n) is 3.05. The van der Waals surface area contributed by atoms with Crippen LogP contribution in [0.3, 0.4) is 0 Å². The Morgan fingerprint density at radius 2 is 1.71 bits per heavy atom. The Hall–Kier alpha value is -0.900. The summed E-state index contributed by atoms with van der Waals surface area (Å²) in [6.07, 6.45) is 3.40. The molecule has 124 valence electrons. The van der Waals surface area contributed by atoms with Crippen LogP contribution >= 0.6 is 0 Å². The van der Waals surface area contributed by atoms with Gasteiger partial charge in [0.15, 0.2) is 0 Å². The van der Waals surface area contributed by atoms with E-state index in [4.69, 9.17) is 9.84 Å². The van der Waals surface area contributed by atoms with Crippen LogP contribution in [0.5, 0.6) is 0 Å². The molecule has 1 aliphatic rings. The molecule has 2 unspecified atom stereocenters. The van der Waals surface area contributed by atoms with E-state index in [1.165, 1.54) is 0 Å². The number of esters is 1. The Labute approximate surface area is 129 Å². The zero-order valence-electron chi connectivity index (χ0n) is 14.3. The Kier molecular flexibility index (Phi) is 9.51. The number of carbonyl (C=O) groups is 2. The summed E-state index contributed by atoms with van der Waals surface area (Å²) < 4.78 is 5.26. The molecule has 0 aromatic heterocycles. The third kappa shape index (κ3) is 5.42. The summed E-state index contributed by atoms with van der Waals surface area (Å²) >= 11 is 0. The van der Waals surface area contributed by atoms with Crippen molar-refractivity contribution in [3.05, 3.63) is 0 Å². The third-order valence-electron chi connectivity index (χ3n) is 4.36. The van der Waals surface area contributed by atoms with Crippen LogP contribution in [0.2, 0.25) is 0 Å². The van der Waals surface area contributed by atoms with Gasteiger partial charge < -0.3 is 9.84 Å². The van der Waals surface area contributed by atoms with Crippen molar-refractivity contribution in [1.29, 1.82) is 0 Å². The number of aliphatic hydroxyl groups is 1. The standard InChI is InChI=1S/C15H26O4.C2H6/c1-4-13(17)11-7-8-12(15(11,2)3)14(18)19-10-6-5-9-16;1-2/h11-12,16H,4-10H2,1-3H3;1-2H3. The number of Topliss-reactive ketones (excluding diaryl/α,β-unsaturated/α-hetero) is 1. The molecule has 0 aliphatic heterocycles. The number of ketones is 1. The van der Waals surface area contributed by atoms with Crippen molar-refractivity contribution >= 4 is 11.8 Å². The monoisotopic (exact) mass is 300 g/mol. The summed E-state index contributed by atoms with van der Waals surface area (Å²) in [5.41, 5.74) is -0.304. The van der Waals surface area contributed by atoms with Gasteiger partial charge in [0.25, 0.3) is 0 Å². The van der Waals surface area contributed by atoms with E-state index in [-0.39, 0.29) is 35.6 Å². The second-order valence-corrected chi connectivity index (χ2v) is 5.92. The molecule has 2 atom stereocenters. The van der Waals surface area contributed by atoms with Crippen molar-refractivity contribution < 1.29 is 19.4 Å². The minimum atomic E-state index is -0.304. The van der Waals surface area contributed by atoms with Crippen molar-refractivity contribution in [2.45, 2.75) is 66.7 Å².